The van der Waals surface area contributed by atoms with Crippen molar-refractivity contribution in [2.45, 2.75) is 119 Å². The molecule has 0 fully saturated rings. The lowest BCUT2D eigenvalue weighted by molar-refractivity contribution is -0.923. The van der Waals surface area contributed by atoms with Crippen LogP contribution in [0.4, 0.5) is 0 Å². The van der Waals surface area contributed by atoms with Crippen LogP contribution in [0.15, 0.2) is 24.3 Å². The van der Waals surface area contributed by atoms with Gasteiger partial charge in [-0.2, -0.15) is 0 Å². The summed E-state index contributed by atoms with van der Waals surface area (Å²) in [5.41, 5.74) is 3.07. The van der Waals surface area contributed by atoms with Crippen molar-refractivity contribution in [3.05, 3.63) is 35.4 Å². The van der Waals surface area contributed by atoms with Crippen LogP contribution in [-0.4, -0.2) is 61.3 Å². The molecule has 198 valence electrons. The van der Waals surface area contributed by atoms with E-state index in [0.717, 1.165) is 0 Å². The molecular formula is C32H62N2+2. The Morgan fingerprint density at radius 2 is 0.647 bits per heavy atom. The summed E-state index contributed by atoms with van der Waals surface area (Å²) in [7, 11) is 0. The molecule has 1 rings (SSSR count). The fourth-order valence-electron chi connectivity index (χ4n) is 5.78. The first-order valence-corrected chi connectivity index (χ1v) is 15.3. The smallest absolute Gasteiger partial charge is 0.0786 e. The highest BCUT2D eigenvalue weighted by Gasteiger charge is 2.20. The molecule has 0 aliphatic carbocycles. The molecule has 34 heavy (non-hydrogen) atoms. The lowest BCUT2D eigenvalue weighted by Crippen LogP contribution is -2.48. The Labute approximate surface area is 215 Å². The van der Waals surface area contributed by atoms with Gasteiger partial charge in [0.2, 0.25) is 0 Å². The van der Waals surface area contributed by atoms with Gasteiger partial charge in [0.1, 0.15) is 0 Å². The van der Waals surface area contributed by atoms with E-state index in [9.17, 15) is 0 Å². The molecule has 0 amide bonds. The summed E-state index contributed by atoms with van der Waals surface area (Å²) in [4.78, 5) is 0. The molecule has 1 aromatic rings. The van der Waals surface area contributed by atoms with Crippen LogP contribution in [0.2, 0.25) is 0 Å². The molecule has 0 spiro atoms. The first-order valence-electron chi connectivity index (χ1n) is 15.3. The minimum Gasteiger partial charge on any atom is -0.324 e. The zero-order valence-electron chi connectivity index (χ0n) is 24.3. The fraction of sp³-hybridized carbons (Fsp3) is 0.812. The van der Waals surface area contributed by atoms with Crippen LogP contribution in [0.25, 0.3) is 0 Å². The molecule has 0 saturated carbocycles. The lowest BCUT2D eigenvalue weighted by atomic mass is 10.0. The summed E-state index contributed by atoms with van der Waals surface area (Å²) < 4.78 is 2.62. The van der Waals surface area contributed by atoms with Crippen molar-refractivity contribution < 1.29 is 8.97 Å². The van der Waals surface area contributed by atoms with Crippen LogP contribution in [0.5, 0.6) is 0 Å². The molecule has 0 radical (unpaired) electrons. The van der Waals surface area contributed by atoms with Gasteiger partial charge in [-0.1, -0.05) is 49.9 Å². The Morgan fingerprint density at radius 1 is 0.382 bits per heavy atom. The van der Waals surface area contributed by atoms with E-state index in [1.165, 1.54) is 150 Å². The number of unbranched alkanes of at least 4 members (excludes halogenated alkanes) is 8. The first-order chi connectivity index (χ1) is 16.5. The third-order valence-electron chi connectivity index (χ3n) is 9.24. The molecule has 0 aliphatic heterocycles. The van der Waals surface area contributed by atoms with Crippen molar-refractivity contribution in [3.8, 4) is 0 Å². The fourth-order valence-corrected chi connectivity index (χ4v) is 5.78. The number of hydrogen-bond donors (Lipinski definition) is 0. The van der Waals surface area contributed by atoms with Gasteiger partial charge in [0.15, 0.2) is 0 Å². The summed E-state index contributed by atoms with van der Waals surface area (Å²) in [5, 5.41) is 0. The maximum Gasteiger partial charge on any atom is 0.0786 e. The standard InChI is InChI=1S/C32H62N2/c1-7-33(8-2,9-3)29-21-17-13-15-19-23-31-25-27-32(28-26-31)24-20-16-14-18-22-30-34(10-4,11-5)12-6/h25-28H,7-24,29-30H2,1-6H3/q+2. The van der Waals surface area contributed by atoms with Gasteiger partial charge in [0.05, 0.1) is 52.4 Å². The van der Waals surface area contributed by atoms with Gasteiger partial charge < -0.3 is 8.97 Å². The van der Waals surface area contributed by atoms with Crippen LogP contribution in [0.3, 0.4) is 0 Å². The lowest BCUT2D eigenvalue weighted by Gasteiger charge is -2.35. The van der Waals surface area contributed by atoms with E-state index in [0.29, 0.717) is 0 Å². The highest BCUT2D eigenvalue weighted by molar-refractivity contribution is 5.22. The summed E-state index contributed by atoms with van der Waals surface area (Å²) in [6.45, 7) is 24.6. The van der Waals surface area contributed by atoms with Gasteiger partial charge in [-0.05, 0) is 104 Å². The zero-order chi connectivity index (χ0) is 25.1. The second-order valence-electron chi connectivity index (χ2n) is 10.9. The van der Waals surface area contributed by atoms with Gasteiger partial charge in [-0.25, -0.2) is 0 Å². The number of nitrogens with zero attached hydrogens (tertiary/aromatic N) is 2. The number of rotatable bonds is 22. The summed E-state index contributed by atoms with van der Waals surface area (Å²) in [6.07, 6.45) is 16.4. The van der Waals surface area contributed by atoms with E-state index in [2.05, 4.69) is 65.8 Å². The van der Waals surface area contributed by atoms with Crippen LogP contribution in [-0.2, 0) is 12.8 Å². The van der Waals surface area contributed by atoms with Crippen molar-refractivity contribution in [2.75, 3.05) is 52.4 Å². The Morgan fingerprint density at radius 3 is 0.941 bits per heavy atom. The number of benzene rings is 1. The minimum absolute atomic E-state index is 1.26. The Bertz CT molecular complexity index is 514. The molecule has 0 unspecified atom stereocenters. The second-order valence-corrected chi connectivity index (χ2v) is 10.9. The largest absolute Gasteiger partial charge is 0.324 e. The summed E-state index contributed by atoms with van der Waals surface area (Å²) in [5.74, 6) is 0. The molecule has 0 aliphatic rings. The minimum atomic E-state index is 1.26. The summed E-state index contributed by atoms with van der Waals surface area (Å²) in [6, 6.07) is 9.57. The molecule has 2 nitrogen and oxygen atoms in total. The zero-order valence-corrected chi connectivity index (χ0v) is 24.3. The number of quaternary nitrogens is 2. The molecule has 0 aromatic heterocycles. The average Bonchev–Trinajstić information content (AvgIpc) is 2.89. The molecule has 0 heterocycles. The van der Waals surface area contributed by atoms with E-state index in [-0.39, 0.29) is 0 Å². The highest BCUT2D eigenvalue weighted by atomic mass is 15.3. The van der Waals surface area contributed by atoms with Gasteiger partial charge in [-0.3, -0.25) is 0 Å². The average molecular weight is 475 g/mol. The van der Waals surface area contributed by atoms with Crippen molar-refractivity contribution in [1.29, 1.82) is 0 Å². The van der Waals surface area contributed by atoms with Crippen LogP contribution < -0.4 is 0 Å². The van der Waals surface area contributed by atoms with Crippen LogP contribution in [0.1, 0.15) is 117 Å². The molecule has 0 saturated heterocycles. The third-order valence-corrected chi connectivity index (χ3v) is 9.24. The first kappa shape index (κ1) is 31.2. The topological polar surface area (TPSA) is 0 Å². The molecule has 0 N–H and O–H groups in total. The molecular weight excluding hydrogens is 412 g/mol. The maximum absolute atomic E-state index is 2.39. The number of aryl methyl sites for hydroxylation is 2. The van der Waals surface area contributed by atoms with E-state index in [1.54, 1.807) is 0 Å². The molecule has 1 aromatic carbocycles. The van der Waals surface area contributed by atoms with E-state index < -0.39 is 0 Å². The Hall–Kier alpha value is -0.860. The monoisotopic (exact) mass is 474 g/mol. The molecule has 2 heteroatoms. The SMILES string of the molecule is CC[N+](CC)(CC)CCCCCCCc1ccc(CCCCCCC[N+](CC)(CC)CC)cc1. The van der Waals surface area contributed by atoms with E-state index in [1.807, 2.05) is 0 Å². The highest BCUT2D eigenvalue weighted by Crippen LogP contribution is 2.15. The van der Waals surface area contributed by atoms with Crippen molar-refractivity contribution in [3.63, 3.8) is 0 Å². The van der Waals surface area contributed by atoms with Gasteiger partial charge >= 0.3 is 0 Å². The molecule has 0 bridgehead atoms. The van der Waals surface area contributed by atoms with E-state index >= 15 is 0 Å². The van der Waals surface area contributed by atoms with Gasteiger partial charge in [0.25, 0.3) is 0 Å². The van der Waals surface area contributed by atoms with Crippen molar-refractivity contribution in [1.82, 2.24) is 0 Å². The Balaban J connectivity index is 2.09. The predicted octanol–water partition coefficient (Wildman–Crippen LogP) is 8.43. The van der Waals surface area contributed by atoms with Gasteiger partial charge in [-0.15, -0.1) is 0 Å². The van der Waals surface area contributed by atoms with Crippen molar-refractivity contribution in [2.24, 2.45) is 0 Å². The Kier molecular flexibility index (Phi) is 16.9. The van der Waals surface area contributed by atoms with Crippen LogP contribution in [0, 0.1) is 0 Å². The third kappa shape index (κ3) is 11.7. The second kappa shape index (κ2) is 18.4. The van der Waals surface area contributed by atoms with Crippen LogP contribution >= 0.6 is 0 Å². The van der Waals surface area contributed by atoms with E-state index in [4.69, 9.17) is 0 Å². The van der Waals surface area contributed by atoms with Gasteiger partial charge in [0, 0.05) is 0 Å². The summed E-state index contributed by atoms with van der Waals surface area (Å²) >= 11 is 0. The normalized spacial score (nSPS) is 12.4. The quantitative estimate of drug-likeness (QED) is 0.117. The number of hydrogen-bond acceptors (Lipinski definition) is 0. The van der Waals surface area contributed by atoms with Crippen molar-refractivity contribution >= 4 is 0 Å². The molecule has 0 atom stereocenters. The predicted molar refractivity (Wildman–Crippen MR) is 154 cm³/mol. The maximum atomic E-state index is 2.39.